The third kappa shape index (κ3) is 5.74. The summed E-state index contributed by atoms with van der Waals surface area (Å²) in [5, 5.41) is 3.80. The van der Waals surface area contributed by atoms with Crippen LogP contribution in [0.15, 0.2) is 42.5 Å². The van der Waals surface area contributed by atoms with Gasteiger partial charge in [-0.05, 0) is 67.6 Å². The fourth-order valence-corrected chi connectivity index (χ4v) is 4.14. The number of rotatable bonds is 8. The summed E-state index contributed by atoms with van der Waals surface area (Å²) in [6.07, 6.45) is 2.37. The van der Waals surface area contributed by atoms with Crippen LogP contribution in [0.5, 0.6) is 5.75 Å². The van der Waals surface area contributed by atoms with Gasteiger partial charge >= 0.3 is 0 Å². The van der Waals surface area contributed by atoms with Gasteiger partial charge in [0.1, 0.15) is 5.75 Å². The Morgan fingerprint density at radius 3 is 2.55 bits per heavy atom. The number of hydrogen-bond acceptors (Lipinski definition) is 3. The van der Waals surface area contributed by atoms with Gasteiger partial charge in [-0.1, -0.05) is 55.8 Å². The average molecular weight is 415 g/mol. The summed E-state index contributed by atoms with van der Waals surface area (Å²) in [5.41, 5.74) is 3.31. The van der Waals surface area contributed by atoms with Crippen molar-refractivity contribution in [3.63, 3.8) is 0 Å². The van der Waals surface area contributed by atoms with Gasteiger partial charge in [-0.15, -0.1) is 0 Å². The molecular weight excluding hydrogens is 384 g/mol. The van der Waals surface area contributed by atoms with Crippen molar-refractivity contribution in [1.82, 2.24) is 10.2 Å². The first-order valence-corrected chi connectivity index (χ1v) is 10.8. The van der Waals surface area contributed by atoms with Crippen molar-refractivity contribution in [2.45, 2.75) is 45.6 Å². The van der Waals surface area contributed by atoms with E-state index in [1.54, 1.807) is 0 Å². The lowest BCUT2D eigenvalue weighted by atomic mass is 10.0. The van der Waals surface area contributed by atoms with Crippen LogP contribution in [0.2, 0.25) is 5.02 Å². The molecule has 0 aliphatic carbocycles. The lowest BCUT2D eigenvalue weighted by Gasteiger charge is -2.29. The molecule has 1 saturated heterocycles. The number of likely N-dealkylation sites (tertiary alicyclic amines) is 1. The van der Waals surface area contributed by atoms with E-state index in [0.29, 0.717) is 12.5 Å². The number of nitrogens with one attached hydrogen (secondary N) is 1. The minimum atomic E-state index is -0.113. The highest BCUT2D eigenvalue weighted by molar-refractivity contribution is 6.31. The Kier molecular flexibility index (Phi) is 7.57. The smallest absolute Gasteiger partial charge is 0.258 e. The summed E-state index contributed by atoms with van der Waals surface area (Å²) in [6, 6.07) is 14.1. The highest BCUT2D eigenvalue weighted by Gasteiger charge is 2.25. The van der Waals surface area contributed by atoms with Crippen LogP contribution in [0.4, 0.5) is 0 Å². The van der Waals surface area contributed by atoms with E-state index in [4.69, 9.17) is 16.3 Å². The Morgan fingerprint density at radius 1 is 1.14 bits per heavy atom. The van der Waals surface area contributed by atoms with Crippen LogP contribution in [0, 0.1) is 6.92 Å². The molecule has 1 amide bonds. The topological polar surface area (TPSA) is 41.6 Å². The first-order valence-electron chi connectivity index (χ1n) is 10.4. The Labute approximate surface area is 179 Å². The molecule has 1 unspecified atom stereocenters. The molecule has 2 aromatic carbocycles. The van der Waals surface area contributed by atoms with Gasteiger partial charge in [-0.25, -0.2) is 0 Å². The molecule has 156 valence electrons. The minimum absolute atomic E-state index is 0.0123. The lowest BCUT2D eigenvalue weighted by molar-refractivity contribution is -0.123. The highest BCUT2D eigenvalue weighted by atomic mass is 35.5. The van der Waals surface area contributed by atoms with Crippen molar-refractivity contribution in [2.75, 3.05) is 26.2 Å². The second kappa shape index (κ2) is 10.1. The molecule has 29 heavy (non-hydrogen) atoms. The zero-order valence-corrected chi connectivity index (χ0v) is 18.3. The maximum atomic E-state index is 12.5. The lowest BCUT2D eigenvalue weighted by Crippen LogP contribution is -2.38. The number of carbonyl (C=O) groups is 1. The summed E-state index contributed by atoms with van der Waals surface area (Å²) >= 11 is 6.45. The molecule has 1 aliphatic heterocycles. The number of benzene rings is 2. The first-order chi connectivity index (χ1) is 14.0. The maximum Gasteiger partial charge on any atom is 0.258 e. The van der Waals surface area contributed by atoms with Gasteiger partial charge in [0.2, 0.25) is 0 Å². The Hall–Kier alpha value is -2.04. The molecule has 1 atom stereocenters. The maximum absolute atomic E-state index is 12.5. The van der Waals surface area contributed by atoms with Gasteiger partial charge in [0.25, 0.3) is 5.91 Å². The van der Waals surface area contributed by atoms with Gasteiger partial charge in [-0.2, -0.15) is 0 Å². The van der Waals surface area contributed by atoms with Crippen LogP contribution in [0.3, 0.4) is 0 Å². The molecule has 1 fully saturated rings. The number of amides is 1. The molecule has 0 aromatic heterocycles. The highest BCUT2D eigenvalue weighted by Crippen LogP contribution is 2.30. The molecule has 2 aromatic rings. The van der Waals surface area contributed by atoms with Crippen LogP contribution in [-0.4, -0.2) is 37.0 Å². The van der Waals surface area contributed by atoms with E-state index in [2.05, 4.69) is 42.3 Å². The van der Waals surface area contributed by atoms with E-state index in [0.717, 1.165) is 40.6 Å². The summed E-state index contributed by atoms with van der Waals surface area (Å²) in [5.74, 6) is 1.02. The van der Waals surface area contributed by atoms with Crippen LogP contribution >= 0.6 is 11.6 Å². The van der Waals surface area contributed by atoms with Crippen molar-refractivity contribution < 1.29 is 9.53 Å². The van der Waals surface area contributed by atoms with Gasteiger partial charge < -0.3 is 10.1 Å². The predicted molar refractivity (Wildman–Crippen MR) is 119 cm³/mol. The Morgan fingerprint density at radius 2 is 1.86 bits per heavy atom. The zero-order chi connectivity index (χ0) is 20.8. The normalized spacial score (nSPS) is 15.5. The number of carbonyl (C=O) groups excluding carboxylic acids is 1. The minimum Gasteiger partial charge on any atom is -0.483 e. The van der Waals surface area contributed by atoms with Gasteiger partial charge in [0.05, 0.1) is 6.04 Å². The quantitative estimate of drug-likeness (QED) is 0.653. The van der Waals surface area contributed by atoms with Crippen molar-refractivity contribution in [3.05, 3.63) is 64.2 Å². The van der Waals surface area contributed by atoms with E-state index in [9.17, 15) is 4.79 Å². The predicted octanol–water partition coefficient (Wildman–Crippen LogP) is 5.10. The molecule has 0 spiro atoms. The van der Waals surface area contributed by atoms with Crippen LogP contribution in [0.1, 0.15) is 55.3 Å². The van der Waals surface area contributed by atoms with E-state index in [-0.39, 0.29) is 18.6 Å². The van der Waals surface area contributed by atoms with E-state index >= 15 is 0 Å². The first kappa shape index (κ1) is 21.7. The summed E-state index contributed by atoms with van der Waals surface area (Å²) in [6.45, 7) is 8.88. The van der Waals surface area contributed by atoms with Crippen LogP contribution in [-0.2, 0) is 4.79 Å². The Bertz CT molecular complexity index is 831. The van der Waals surface area contributed by atoms with Crippen LogP contribution in [0.25, 0.3) is 0 Å². The monoisotopic (exact) mass is 414 g/mol. The molecular formula is C24H31ClN2O2. The van der Waals surface area contributed by atoms with Crippen molar-refractivity contribution in [2.24, 2.45) is 0 Å². The standard InChI is InChI=1S/C24H31ClN2O2/c1-17(2)19-11-10-18(3)14-23(19)29-16-24(28)26-15-22(27-12-6-7-13-27)20-8-4-5-9-21(20)25/h4-5,8-11,14,17,22H,6-7,12-13,15-16H2,1-3H3,(H,26,28). The molecule has 0 radical (unpaired) electrons. The van der Waals surface area contributed by atoms with E-state index in [1.807, 2.05) is 31.2 Å². The molecule has 1 N–H and O–H groups in total. The molecule has 5 heteroatoms. The molecule has 0 bridgehead atoms. The van der Waals surface area contributed by atoms with Gasteiger partial charge in [0.15, 0.2) is 6.61 Å². The third-order valence-electron chi connectivity index (χ3n) is 5.49. The van der Waals surface area contributed by atoms with E-state index < -0.39 is 0 Å². The summed E-state index contributed by atoms with van der Waals surface area (Å²) in [4.78, 5) is 14.9. The third-order valence-corrected chi connectivity index (χ3v) is 5.83. The molecule has 0 saturated carbocycles. The second-order valence-electron chi connectivity index (χ2n) is 8.07. The number of aryl methyl sites for hydroxylation is 1. The Balaban J connectivity index is 1.62. The van der Waals surface area contributed by atoms with Crippen molar-refractivity contribution >= 4 is 17.5 Å². The molecule has 3 rings (SSSR count). The SMILES string of the molecule is Cc1ccc(C(C)C)c(OCC(=O)NCC(c2ccccc2Cl)N2CCCC2)c1. The van der Waals surface area contributed by atoms with Crippen molar-refractivity contribution in [3.8, 4) is 5.75 Å². The van der Waals surface area contributed by atoms with Crippen LogP contribution < -0.4 is 10.1 Å². The average Bonchev–Trinajstić information content (AvgIpc) is 3.22. The van der Waals surface area contributed by atoms with Gasteiger partial charge in [-0.3, -0.25) is 9.69 Å². The fraction of sp³-hybridized carbons (Fsp3) is 0.458. The number of ether oxygens (including phenoxy) is 1. The largest absolute Gasteiger partial charge is 0.483 e. The zero-order valence-electron chi connectivity index (χ0n) is 17.6. The number of halogens is 1. The molecule has 1 aliphatic rings. The number of nitrogens with zero attached hydrogens (tertiary/aromatic N) is 1. The van der Waals surface area contributed by atoms with Crippen molar-refractivity contribution in [1.29, 1.82) is 0 Å². The van der Waals surface area contributed by atoms with E-state index in [1.165, 1.54) is 12.8 Å². The molecule has 1 heterocycles. The summed E-state index contributed by atoms with van der Waals surface area (Å²) in [7, 11) is 0. The number of hydrogen-bond donors (Lipinski definition) is 1. The molecule has 4 nitrogen and oxygen atoms in total. The fourth-order valence-electron chi connectivity index (χ4n) is 3.88. The van der Waals surface area contributed by atoms with Gasteiger partial charge in [0, 0.05) is 11.6 Å². The summed E-state index contributed by atoms with van der Waals surface area (Å²) < 4.78 is 5.88. The second-order valence-corrected chi connectivity index (χ2v) is 8.48.